The number of nitrogens with one attached hydrogen (secondary N) is 2. The Morgan fingerprint density at radius 2 is 2.12 bits per heavy atom. The van der Waals surface area contributed by atoms with Gasteiger partial charge in [-0.2, -0.15) is 0 Å². The number of rotatable bonds is 7. The minimum Gasteiger partial charge on any atom is -0.493 e. The number of ether oxygens (including phenoxy) is 2. The van der Waals surface area contributed by atoms with E-state index in [1.54, 1.807) is 6.07 Å². The van der Waals surface area contributed by atoms with Gasteiger partial charge in [-0.25, -0.2) is 0 Å². The van der Waals surface area contributed by atoms with Crippen LogP contribution in [-0.4, -0.2) is 45.5 Å². The summed E-state index contributed by atoms with van der Waals surface area (Å²) in [4.78, 5) is 13.3. The number of hydrogen-bond donors (Lipinski definition) is 3. The number of amides is 1. The minimum absolute atomic E-state index is 0.121. The monoisotopic (exact) mass is 427 g/mol. The molecular formula is C15H22BrN7O3. The van der Waals surface area contributed by atoms with Crippen molar-refractivity contribution in [2.45, 2.75) is 32.9 Å². The van der Waals surface area contributed by atoms with E-state index < -0.39 is 0 Å². The standard InChI is InChI=1S/C15H22BrN7O3/c1-15(2,3)19-12(24)8-26-13-9(10(16)5-6-11(13)25-4)7-18-23-14(17)20-21-22-23/h5-6,18H,7-8H2,1-4H3,(H,19,24)(H2,17,20,22). The second-order valence-corrected chi connectivity index (χ2v) is 7.28. The van der Waals surface area contributed by atoms with Crippen molar-refractivity contribution >= 4 is 27.8 Å². The van der Waals surface area contributed by atoms with Crippen molar-refractivity contribution in [2.75, 3.05) is 24.9 Å². The van der Waals surface area contributed by atoms with Crippen LogP contribution in [0.25, 0.3) is 0 Å². The number of halogens is 1. The van der Waals surface area contributed by atoms with Crippen molar-refractivity contribution in [3.8, 4) is 11.5 Å². The lowest BCUT2D eigenvalue weighted by atomic mass is 10.1. The van der Waals surface area contributed by atoms with Crippen molar-refractivity contribution in [2.24, 2.45) is 0 Å². The fourth-order valence-corrected chi connectivity index (χ4v) is 2.57. The van der Waals surface area contributed by atoms with E-state index in [2.05, 4.69) is 42.2 Å². The van der Waals surface area contributed by atoms with Gasteiger partial charge in [-0.1, -0.05) is 21.0 Å². The van der Waals surface area contributed by atoms with Crippen LogP contribution in [0.3, 0.4) is 0 Å². The molecule has 1 aromatic heterocycles. The molecule has 0 atom stereocenters. The molecule has 0 fully saturated rings. The topological polar surface area (TPSA) is 129 Å². The first-order valence-electron chi connectivity index (χ1n) is 7.78. The summed E-state index contributed by atoms with van der Waals surface area (Å²) < 4.78 is 11.9. The SMILES string of the molecule is COc1ccc(Br)c(CNn2nnnc2N)c1OCC(=O)NC(C)(C)C. The van der Waals surface area contributed by atoms with Crippen LogP contribution in [0.1, 0.15) is 26.3 Å². The molecule has 0 aliphatic carbocycles. The predicted molar refractivity (Wildman–Crippen MR) is 99.4 cm³/mol. The Bertz CT molecular complexity index is 773. The molecule has 26 heavy (non-hydrogen) atoms. The zero-order valence-electron chi connectivity index (χ0n) is 15.0. The fraction of sp³-hybridized carbons (Fsp3) is 0.467. The number of nitrogens with two attached hydrogens (primary N) is 1. The van der Waals surface area contributed by atoms with Crippen LogP contribution in [0.5, 0.6) is 11.5 Å². The summed E-state index contributed by atoms with van der Waals surface area (Å²) in [5.41, 5.74) is 8.98. The maximum absolute atomic E-state index is 12.1. The van der Waals surface area contributed by atoms with Crippen LogP contribution < -0.4 is 25.9 Å². The van der Waals surface area contributed by atoms with Crippen molar-refractivity contribution in [3.63, 3.8) is 0 Å². The highest BCUT2D eigenvalue weighted by Crippen LogP contribution is 2.36. The van der Waals surface area contributed by atoms with Crippen LogP contribution in [0, 0.1) is 0 Å². The number of anilines is 1. The van der Waals surface area contributed by atoms with Crippen LogP contribution >= 0.6 is 15.9 Å². The smallest absolute Gasteiger partial charge is 0.260 e. The molecule has 2 aromatic rings. The molecule has 0 bridgehead atoms. The average Bonchev–Trinajstić information content (AvgIpc) is 2.95. The summed E-state index contributed by atoms with van der Waals surface area (Å²) in [6.45, 7) is 5.83. The number of carbonyl (C=O) groups excluding carboxylic acids is 1. The average molecular weight is 428 g/mol. The van der Waals surface area contributed by atoms with Gasteiger partial charge in [0.05, 0.1) is 13.7 Å². The first-order valence-corrected chi connectivity index (χ1v) is 8.57. The number of aromatic nitrogens is 4. The van der Waals surface area contributed by atoms with Crippen molar-refractivity contribution < 1.29 is 14.3 Å². The summed E-state index contributed by atoms with van der Waals surface area (Å²) in [5, 5.41) is 13.6. The van der Waals surface area contributed by atoms with Gasteiger partial charge >= 0.3 is 0 Å². The Morgan fingerprint density at radius 3 is 2.69 bits per heavy atom. The molecule has 10 nitrogen and oxygen atoms in total. The maximum atomic E-state index is 12.1. The van der Waals surface area contributed by atoms with Crippen LogP contribution in [0.15, 0.2) is 16.6 Å². The van der Waals surface area contributed by atoms with E-state index in [0.29, 0.717) is 11.5 Å². The molecule has 0 unspecified atom stereocenters. The van der Waals surface area contributed by atoms with Crippen molar-refractivity contribution in [3.05, 3.63) is 22.2 Å². The van der Waals surface area contributed by atoms with Gasteiger partial charge in [0.1, 0.15) is 0 Å². The van der Waals surface area contributed by atoms with Gasteiger partial charge in [0.15, 0.2) is 18.1 Å². The highest BCUT2D eigenvalue weighted by Gasteiger charge is 2.19. The van der Waals surface area contributed by atoms with Crippen LogP contribution in [0.4, 0.5) is 5.95 Å². The number of methoxy groups -OCH3 is 1. The van der Waals surface area contributed by atoms with E-state index in [1.807, 2.05) is 26.8 Å². The molecule has 1 amide bonds. The molecule has 0 aliphatic rings. The Morgan fingerprint density at radius 1 is 1.38 bits per heavy atom. The molecule has 11 heteroatoms. The Kier molecular flexibility index (Phi) is 6.24. The van der Waals surface area contributed by atoms with E-state index in [0.717, 1.165) is 10.0 Å². The molecule has 142 valence electrons. The van der Waals surface area contributed by atoms with E-state index in [9.17, 15) is 4.79 Å². The number of tetrazole rings is 1. The predicted octanol–water partition coefficient (Wildman–Crippen LogP) is 1.06. The molecular weight excluding hydrogens is 406 g/mol. The number of hydrogen-bond acceptors (Lipinski definition) is 8. The first-order chi connectivity index (χ1) is 12.2. The molecule has 0 spiro atoms. The van der Waals surface area contributed by atoms with Gasteiger partial charge in [-0.15, -0.1) is 4.79 Å². The van der Waals surface area contributed by atoms with Crippen molar-refractivity contribution in [1.29, 1.82) is 0 Å². The zero-order chi connectivity index (χ0) is 19.3. The first kappa shape index (κ1) is 19.8. The normalized spacial score (nSPS) is 11.1. The molecule has 0 saturated heterocycles. The van der Waals surface area contributed by atoms with Gasteiger partial charge in [0.25, 0.3) is 11.9 Å². The summed E-state index contributed by atoms with van der Waals surface area (Å²) in [6, 6.07) is 3.57. The number of nitrogens with zero attached hydrogens (tertiary/aromatic N) is 4. The highest BCUT2D eigenvalue weighted by molar-refractivity contribution is 9.10. The highest BCUT2D eigenvalue weighted by atomic mass is 79.9. The third-order valence-corrected chi connectivity index (χ3v) is 3.89. The number of nitrogen functional groups attached to an aromatic ring is 1. The quantitative estimate of drug-likeness (QED) is 0.597. The Hall–Kier alpha value is -2.56. The molecule has 1 heterocycles. The second-order valence-electron chi connectivity index (χ2n) is 6.43. The fourth-order valence-electron chi connectivity index (χ4n) is 2.12. The van der Waals surface area contributed by atoms with E-state index in [-0.39, 0.29) is 30.5 Å². The Balaban J connectivity index is 2.18. The summed E-state index contributed by atoms with van der Waals surface area (Å²) in [5.74, 6) is 0.822. The van der Waals surface area contributed by atoms with Gasteiger partial charge in [0.2, 0.25) is 0 Å². The van der Waals surface area contributed by atoms with E-state index in [1.165, 1.54) is 11.9 Å². The number of carbonyl (C=O) groups is 1. The summed E-state index contributed by atoms with van der Waals surface area (Å²) in [6.07, 6.45) is 0. The second kappa shape index (κ2) is 8.21. The molecule has 4 N–H and O–H groups in total. The lowest BCUT2D eigenvalue weighted by molar-refractivity contribution is -0.124. The molecule has 2 rings (SSSR count). The van der Waals surface area contributed by atoms with Crippen molar-refractivity contribution in [1.82, 2.24) is 25.6 Å². The Labute approximate surface area is 159 Å². The summed E-state index contributed by atoms with van der Waals surface area (Å²) >= 11 is 3.48. The van der Waals surface area contributed by atoms with Gasteiger partial charge in [0, 0.05) is 15.6 Å². The lowest BCUT2D eigenvalue weighted by Gasteiger charge is -2.21. The van der Waals surface area contributed by atoms with Crippen LogP contribution in [-0.2, 0) is 11.3 Å². The van der Waals surface area contributed by atoms with Crippen LogP contribution in [0.2, 0.25) is 0 Å². The largest absolute Gasteiger partial charge is 0.493 e. The van der Waals surface area contributed by atoms with Gasteiger partial charge in [-0.3, -0.25) is 4.79 Å². The molecule has 0 radical (unpaired) electrons. The zero-order valence-corrected chi connectivity index (χ0v) is 16.6. The van der Waals surface area contributed by atoms with E-state index >= 15 is 0 Å². The lowest BCUT2D eigenvalue weighted by Crippen LogP contribution is -2.43. The van der Waals surface area contributed by atoms with Gasteiger partial charge < -0.3 is 25.9 Å². The maximum Gasteiger partial charge on any atom is 0.260 e. The molecule has 0 aliphatic heterocycles. The third kappa shape index (κ3) is 5.22. The third-order valence-electron chi connectivity index (χ3n) is 3.15. The molecule has 0 saturated carbocycles. The number of benzene rings is 1. The minimum atomic E-state index is -0.343. The van der Waals surface area contributed by atoms with Gasteiger partial charge in [-0.05, 0) is 43.3 Å². The summed E-state index contributed by atoms with van der Waals surface area (Å²) in [7, 11) is 1.53. The van der Waals surface area contributed by atoms with E-state index in [4.69, 9.17) is 15.2 Å². The molecule has 1 aromatic carbocycles.